The number of benzene rings is 1. The summed E-state index contributed by atoms with van der Waals surface area (Å²) in [5.41, 5.74) is 7.96. The molecule has 0 saturated carbocycles. The van der Waals surface area contributed by atoms with Gasteiger partial charge < -0.3 is 10.6 Å². The van der Waals surface area contributed by atoms with Gasteiger partial charge in [0, 0.05) is 30.9 Å². The minimum absolute atomic E-state index is 0.137. The molecule has 0 aliphatic carbocycles. The molecule has 21 heavy (non-hydrogen) atoms. The Morgan fingerprint density at radius 3 is 2.90 bits per heavy atom. The maximum Gasteiger partial charge on any atom is 0.228 e. The number of thiazole rings is 1. The normalized spacial score (nSPS) is 18.1. The van der Waals surface area contributed by atoms with E-state index in [0.29, 0.717) is 13.0 Å². The molecule has 4 nitrogen and oxygen atoms in total. The van der Waals surface area contributed by atoms with Gasteiger partial charge in [-0.25, -0.2) is 4.98 Å². The van der Waals surface area contributed by atoms with E-state index in [1.165, 1.54) is 5.56 Å². The first-order chi connectivity index (χ1) is 10.2. The molecule has 0 unspecified atom stereocenters. The lowest BCUT2D eigenvalue weighted by Gasteiger charge is -2.14. The SMILES string of the molecule is N[C@@H]1CCN(C(=O)Cc2csc(Cc3ccccc3)n2)C1. The molecule has 1 amide bonds. The van der Waals surface area contributed by atoms with Gasteiger partial charge in [0.2, 0.25) is 5.91 Å². The summed E-state index contributed by atoms with van der Waals surface area (Å²) in [4.78, 5) is 18.6. The van der Waals surface area contributed by atoms with Gasteiger partial charge in [-0.1, -0.05) is 30.3 Å². The number of likely N-dealkylation sites (tertiary alicyclic amines) is 1. The number of amides is 1. The maximum atomic E-state index is 12.2. The summed E-state index contributed by atoms with van der Waals surface area (Å²) in [5, 5.41) is 3.05. The van der Waals surface area contributed by atoms with E-state index < -0.39 is 0 Å². The average molecular weight is 301 g/mol. The standard InChI is InChI=1S/C16H19N3OS/c17-13-6-7-19(10-13)16(20)9-14-11-21-15(18-14)8-12-4-2-1-3-5-12/h1-5,11,13H,6-10,17H2/t13-/m1/s1. The van der Waals surface area contributed by atoms with Crippen LogP contribution in [0.2, 0.25) is 0 Å². The van der Waals surface area contributed by atoms with Gasteiger partial charge in [0.1, 0.15) is 0 Å². The number of nitrogens with two attached hydrogens (primary N) is 1. The van der Waals surface area contributed by atoms with Crippen LogP contribution in [0, 0.1) is 0 Å². The molecule has 2 heterocycles. The number of hydrogen-bond acceptors (Lipinski definition) is 4. The van der Waals surface area contributed by atoms with E-state index in [1.54, 1.807) is 11.3 Å². The Morgan fingerprint density at radius 2 is 2.19 bits per heavy atom. The molecule has 2 aromatic rings. The number of carbonyl (C=O) groups is 1. The molecule has 3 rings (SSSR count). The van der Waals surface area contributed by atoms with Gasteiger partial charge >= 0.3 is 0 Å². The van der Waals surface area contributed by atoms with Crippen molar-refractivity contribution in [3.63, 3.8) is 0 Å². The Kier molecular flexibility index (Phi) is 4.31. The monoisotopic (exact) mass is 301 g/mol. The maximum absolute atomic E-state index is 12.2. The van der Waals surface area contributed by atoms with Gasteiger partial charge in [-0.2, -0.15) is 0 Å². The summed E-state index contributed by atoms with van der Waals surface area (Å²) < 4.78 is 0. The van der Waals surface area contributed by atoms with Gasteiger partial charge in [0.05, 0.1) is 17.1 Å². The molecule has 1 fully saturated rings. The lowest BCUT2D eigenvalue weighted by molar-refractivity contribution is -0.129. The topological polar surface area (TPSA) is 59.2 Å². The molecular weight excluding hydrogens is 282 g/mol. The lowest BCUT2D eigenvalue weighted by atomic mass is 10.2. The van der Waals surface area contributed by atoms with Gasteiger partial charge in [-0.05, 0) is 12.0 Å². The fraction of sp³-hybridized carbons (Fsp3) is 0.375. The van der Waals surface area contributed by atoms with Crippen LogP contribution in [0.25, 0.3) is 0 Å². The largest absolute Gasteiger partial charge is 0.341 e. The third-order valence-corrected chi connectivity index (χ3v) is 4.60. The Labute approximate surface area is 128 Å². The molecular formula is C16H19N3OS. The molecule has 1 aliphatic rings. The molecule has 110 valence electrons. The van der Waals surface area contributed by atoms with Crippen molar-refractivity contribution < 1.29 is 4.79 Å². The number of aromatic nitrogens is 1. The molecule has 1 aromatic heterocycles. The molecule has 0 bridgehead atoms. The van der Waals surface area contributed by atoms with Crippen molar-refractivity contribution in [1.29, 1.82) is 0 Å². The van der Waals surface area contributed by atoms with Crippen molar-refractivity contribution in [2.24, 2.45) is 5.73 Å². The minimum atomic E-state index is 0.137. The van der Waals surface area contributed by atoms with Crippen molar-refractivity contribution >= 4 is 17.2 Å². The van der Waals surface area contributed by atoms with Gasteiger partial charge in [0.25, 0.3) is 0 Å². The Morgan fingerprint density at radius 1 is 1.38 bits per heavy atom. The quantitative estimate of drug-likeness (QED) is 0.937. The summed E-state index contributed by atoms with van der Waals surface area (Å²) in [6.45, 7) is 1.46. The van der Waals surface area contributed by atoms with Crippen molar-refractivity contribution in [3.8, 4) is 0 Å². The van der Waals surface area contributed by atoms with Crippen LogP contribution in [-0.2, 0) is 17.6 Å². The van der Waals surface area contributed by atoms with Crippen LogP contribution in [0.4, 0.5) is 0 Å². The second-order valence-corrected chi connectivity index (χ2v) is 6.40. The van der Waals surface area contributed by atoms with E-state index in [2.05, 4.69) is 17.1 Å². The summed E-state index contributed by atoms with van der Waals surface area (Å²) in [6, 6.07) is 10.4. The van der Waals surface area contributed by atoms with Crippen LogP contribution < -0.4 is 5.73 Å². The number of nitrogens with zero attached hydrogens (tertiary/aromatic N) is 2. The highest BCUT2D eigenvalue weighted by atomic mass is 32.1. The highest BCUT2D eigenvalue weighted by Crippen LogP contribution is 2.16. The van der Waals surface area contributed by atoms with E-state index in [0.717, 1.165) is 30.1 Å². The van der Waals surface area contributed by atoms with E-state index in [-0.39, 0.29) is 11.9 Å². The molecule has 1 atom stereocenters. The molecule has 1 aromatic carbocycles. The van der Waals surface area contributed by atoms with Crippen LogP contribution >= 0.6 is 11.3 Å². The summed E-state index contributed by atoms with van der Waals surface area (Å²) in [6.07, 6.45) is 2.12. The van der Waals surface area contributed by atoms with Crippen LogP contribution in [0.3, 0.4) is 0 Å². The fourth-order valence-electron chi connectivity index (χ4n) is 2.56. The molecule has 1 saturated heterocycles. The van der Waals surface area contributed by atoms with Crippen LogP contribution in [0.15, 0.2) is 35.7 Å². The second kappa shape index (κ2) is 6.37. The predicted molar refractivity (Wildman–Crippen MR) is 84.2 cm³/mol. The Bertz CT molecular complexity index is 611. The van der Waals surface area contributed by atoms with E-state index in [4.69, 9.17) is 5.73 Å². The van der Waals surface area contributed by atoms with E-state index in [1.807, 2.05) is 28.5 Å². The van der Waals surface area contributed by atoms with Gasteiger partial charge in [0.15, 0.2) is 0 Å². The third-order valence-electron chi connectivity index (χ3n) is 3.71. The average Bonchev–Trinajstić information content (AvgIpc) is 3.09. The lowest BCUT2D eigenvalue weighted by Crippen LogP contribution is -2.33. The molecule has 5 heteroatoms. The Hall–Kier alpha value is -1.72. The number of carbonyl (C=O) groups excluding carboxylic acids is 1. The first kappa shape index (κ1) is 14.2. The van der Waals surface area contributed by atoms with E-state index >= 15 is 0 Å². The third kappa shape index (κ3) is 3.68. The number of rotatable bonds is 4. The smallest absolute Gasteiger partial charge is 0.228 e. The molecule has 2 N–H and O–H groups in total. The van der Waals surface area contributed by atoms with Crippen molar-refractivity contribution in [3.05, 3.63) is 52.0 Å². The highest BCUT2D eigenvalue weighted by molar-refractivity contribution is 7.09. The summed E-state index contributed by atoms with van der Waals surface area (Å²) >= 11 is 1.62. The van der Waals surface area contributed by atoms with Gasteiger partial charge in [-0.15, -0.1) is 11.3 Å². The second-order valence-electron chi connectivity index (χ2n) is 5.46. The van der Waals surface area contributed by atoms with Gasteiger partial charge in [-0.3, -0.25) is 4.79 Å². The zero-order valence-electron chi connectivity index (χ0n) is 11.9. The first-order valence-corrected chi connectivity index (χ1v) is 8.09. The zero-order chi connectivity index (χ0) is 14.7. The molecule has 0 radical (unpaired) electrons. The molecule has 1 aliphatic heterocycles. The van der Waals surface area contributed by atoms with Crippen molar-refractivity contribution in [1.82, 2.24) is 9.88 Å². The first-order valence-electron chi connectivity index (χ1n) is 7.21. The zero-order valence-corrected chi connectivity index (χ0v) is 12.7. The predicted octanol–water partition coefficient (Wildman–Crippen LogP) is 1.84. The molecule has 0 spiro atoms. The minimum Gasteiger partial charge on any atom is -0.341 e. The fourth-order valence-corrected chi connectivity index (χ4v) is 3.39. The van der Waals surface area contributed by atoms with Crippen LogP contribution in [0.1, 0.15) is 22.7 Å². The van der Waals surface area contributed by atoms with Crippen molar-refractivity contribution in [2.75, 3.05) is 13.1 Å². The van der Waals surface area contributed by atoms with Crippen LogP contribution in [0.5, 0.6) is 0 Å². The highest BCUT2D eigenvalue weighted by Gasteiger charge is 2.23. The summed E-state index contributed by atoms with van der Waals surface area (Å²) in [5.74, 6) is 0.138. The van der Waals surface area contributed by atoms with E-state index in [9.17, 15) is 4.79 Å². The summed E-state index contributed by atoms with van der Waals surface area (Å²) in [7, 11) is 0. The van der Waals surface area contributed by atoms with Crippen LogP contribution in [-0.4, -0.2) is 34.9 Å². The van der Waals surface area contributed by atoms with Crippen molar-refractivity contribution in [2.45, 2.75) is 25.3 Å². The number of hydrogen-bond donors (Lipinski definition) is 1. The Balaban J connectivity index is 1.59.